The molecule has 0 aliphatic rings. The lowest BCUT2D eigenvalue weighted by Crippen LogP contribution is -2.60. The minimum Gasteiger partial charge on any atom is -0.475 e. The number of amides is 5. The number of rotatable bonds is 29. The molecule has 6 atom stereocenters. The van der Waals surface area contributed by atoms with Crippen molar-refractivity contribution in [1.82, 2.24) is 31.9 Å². The van der Waals surface area contributed by atoms with E-state index in [4.69, 9.17) is 5.11 Å². The molecule has 0 saturated carbocycles. The van der Waals surface area contributed by atoms with E-state index in [-0.39, 0.29) is 18.7 Å². The highest BCUT2D eigenvalue weighted by Crippen LogP contribution is 2.08. The third-order valence-electron chi connectivity index (χ3n) is 8.30. The van der Waals surface area contributed by atoms with Gasteiger partial charge < -0.3 is 42.1 Å². The Morgan fingerprint density at radius 2 is 1.10 bits per heavy atom. The fourth-order valence-electron chi connectivity index (χ4n) is 5.09. The number of unbranched alkanes of at least 4 members (excludes halogenated alkanes) is 9. The SMILES string of the molecule is CCCCCCCCCCNCCC(=O)N[C@@H](CCCCC)C(=O)N[C@H](C(=O)N[C@@H](C)C(=O)N[C@@H](CC)C(=O)N[C@@H](C)C(=O)C(=O)O)[C@@H](C)O. The number of carboxylic acid groups (broad SMARTS) is 1. The molecule has 0 spiro atoms. The number of carboxylic acids is 1. The van der Waals surface area contributed by atoms with Crippen LogP contribution in [0.25, 0.3) is 0 Å². The van der Waals surface area contributed by atoms with Crippen LogP contribution in [0.4, 0.5) is 0 Å². The minimum absolute atomic E-state index is 0.0963. The number of nitrogens with one attached hydrogen (secondary N) is 6. The molecular weight excluding hydrogens is 648 g/mol. The molecule has 50 heavy (non-hydrogen) atoms. The first-order chi connectivity index (χ1) is 23.7. The van der Waals surface area contributed by atoms with Crippen molar-refractivity contribution in [3.05, 3.63) is 0 Å². The Morgan fingerprint density at radius 1 is 0.560 bits per heavy atom. The lowest BCUT2D eigenvalue weighted by molar-refractivity contribution is -0.150. The molecule has 288 valence electrons. The Labute approximate surface area is 297 Å². The van der Waals surface area contributed by atoms with E-state index in [0.717, 1.165) is 32.2 Å². The summed E-state index contributed by atoms with van der Waals surface area (Å²) in [5.41, 5.74) is 0. The summed E-state index contributed by atoms with van der Waals surface area (Å²) in [4.78, 5) is 86.9. The number of aliphatic carboxylic acids is 1. The maximum Gasteiger partial charge on any atom is 0.374 e. The molecule has 0 aromatic carbocycles. The third kappa shape index (κ3) is 20.2. The van der Waals surface area contributed by atoms with Gasteiger partial charge in [0.25, 0.3) is 5.78 Å². The summed E-state index contributed by atoms with van der Waals surface area (Å²) in [5.74, 6) is -6.31. The van der Waals surface area contributed by atoms with E-state index >= 15 is 0 Å². The molecule has 0 aromatic rings. The molecule has 0 saturated heterocycles. The first-order valence-corrected chi connectivity index (χ1v) is 18.4. The summed E-state index contributed by atoms with van der Waals surface area (Å²) in [6, 6.07) is -6.05. The molecule has 0 rings (SSSR count). The number of hydrogen-bond acceptors (Lipinski definition) is 9. The molecule has 0 aliphatic carbocycles. The monoisotopic (exact) mass is 712 g/mol. The van der Waals surface area contributed by atoms with Gasteiger partial charge in [-0.1, -0.05) is 85.0 Å². The zero-order valence-corrected chi connectivity index (χ0v) is 31.0. The van der Waals surface area contributed by atoms with Gasteiger partial charge >= 0.3 is 5.97 Å². The quantitative estimate of drug-likeness (QED) is 0.0412. The normalized spacial score (nSPS) is 14.6. The van der Waals surface area contributed by atoms with Crippen molar-refractivity contribution in [1.29, 1.82) is 0 Å². The number of hydrogen-bond donors (Lipinski definition) is 8. The van der Waals surface area contributed by atoms with Crippen LogP contribution in [0.5, 0.6) is 0 Å². The van der Waals surface area contributed by atoms with Gasteiger partial charge in [0.2, 0.25) is 29.5 Å². The molecule has 0 aromatic heterocycles. The van der Waals surface area contributed by atoms with Crippen molar-refractivity contribution in [3.8, 4) is 0 Å². The smallest absolute Gasteiger partial charge is 0.374 e. The second-order valence-corrected chi connectivity index (χ2v) is 12.9. The molecule has 0 aliphatic heterocycles. The molecule has 0 unspecified atom stereocenters. The fraction of sp³-hybridized carbons (Fsp3) is 0.800. The number of carbonyl (C=O) groups excluding carboxylic acids is 6. The lowest BCUT2D eigenvalue weighted by atomic mass is 10.1. The summed E-state index contributed by atoms with van der Waals surface area (Å²) in [7, 11) is 0. The Bertz CT molecular complexity index is 1070. The molecule has 0 radical (unpaired) electrons. The number of Topliss-reactive ketones (excluding diaryl/α,β-unsaturated/α-hetero) is 1. The molecule has 15 heteroatoms. The number of aliphatic hydroxyl groups excluding tert-OH is 1. The van der Waals surface area contributed by atoms with Crippen LogP contribution in [0.15, 0.2) is 0 Å². The summed E-state index contributed by atoms with van der Waals surface area (Å²) in [6.07, 6.45) is 11.3. The molecule has 0 heterocycles. The molecule has 0 bridgehead atoms. The Morgan fingerprint density at radius 3 is 1.66 bits per heavy atom. The predicted molar refractivity (Wildman–Crippen MR) is 190 cm³/mol. The standard InChI is InChI=1S/C35H64N6O9/c1-7-10-12-13-14-15-16-18-21-36-22-20-28(43)39-27(19-17-11-8-2)33(47)41-29(25(6)42)34(48)38-24(5)31(45)40-26(9-3)32(46)37-23(4)30(44)35(49)50/h23-27,29,36,42H,7-22H2,1-6H3,(H,37,46)(H,38,48)(H,39,43)(H,40,45)(H,41,47)(H,49,50)/t23-,24-,25+,26-,27-,29-/m0/s1. The van der Waals surface area contributed by atoms with Gasteiger partial charge in [0.15, 0.2) is 0 Å². The predicted octanol–water partition coefficient (Wildman–Crippen LogP) is 1.60. The van der Waals surface area contributed by atoms with Crippen LogP contribution in [0.2, 0.25) is 0 Å². The van der Waals surface area contributed by atoms with Crippen LogP contribution < -0.4 is 31.9 Å². The topological polar surface area (TPSA) is 232 Å². The molecule has 8 N–H and O–H groups in total. The van der Waals surface area contributed by atoms with E-state index in [9.17, 15) is 38.7 Å². The van der Waals surface area contributed by atoms with Gasteiger partial charge in [0.05, 0.1) is 12.1 Å². The molecule has 5 amide bonds. The van der Waals surface area contributed by atoms with Crippen molar-refractivity contribution in [2.24, 2.45) is 0 Å². The van der Waals surface area contributed by atoms with E-state index in [2.05, 4.69) is 38.8 Å². The largest absolute Gasteiger partial charge is 0.475 e. The fourth-order valence-corrected chi connectivity index (χ4v) is 5.09. The van der Waals surface area contributed by atoms with Crippen molar-refractivity contribution >= 4 is 41.3 Å². The van der Waals surface area contributed by atoms with Gasteiger partial charge in [-0.2, -0.15) is 0 Å². The minimum atomic E-state index is -1.71. The highest BCUT2D eigenvalue weighted by atomic mass is 16.4. The first-order valence-electron chi connectivity index (χ1n) is 18.4. The summed E-state index contributed by atoms with van der Waals surface area (Å²) < 4.78 is 0. The van der Waals surface area contributed by atoms with Crippen molar-refractivity contribution in [3.63, 3.8) is 0 Å². The van der Waals surface area contributed by atoms with Gasteiger partial charge in [-0.15, -0.1) is 0 Å². The van der Waals surface area contributed by atoms with Crippen molar-refractivity contribution < 1.29 is 43.8 Å². The first kappa shape index (κ1) is 46.4. The second kappa shape index (κ2) is 27.2. The average Bonchev–Trinajstić information content (AvgIpc) is 3.06. The van der Waals surface area contributed by atoms with Crippen molar-refractivity contribution in [2.45, 2.75) is 168 Å². The van der Waals surface area contributed by atoms with Crippen LogP contribution in [0.1, 0.15) is 131 Å². The lowest BCUT2D eigenvalue weighted by Gasteiger charge is -2.26. The van der Waals surface area contributed by atoms with Gasteiger partial charge in [-0.3, -0.25) is 28.8 Å². The third-order valence-corrected chi connectivity index (χ3v) is 8.30. The Kier molecular flexibility index (Phi) is 25.2. The van der Waals surface area contributed by atoms with Gasteiger partial charge in [-0.05, 0) is 46.6 Å². The van der Waals surface area contributed by atoms with Crippen LogP contribution in [-0.4, -0.2) is 101 Å². The van der Waals surface area contributed by atoms with E-state index < -0.39 is 71.7 Å². The zero-order chi connectivity index (χ0) is 38.1. The van der Waals surface area contributed by atoms with Crippen LogP contribution >= 0.6 is 0 Å². The summed E-state index contributed by atoms with van der Waals surface area (Å²) >= 11 is 0. The van der Waals surface area contributed by atoms with E-state index in [1.165, 1.54) is 59.3 Å². The van der Waals surface area contributed by atoms with E-state index in [1.54, 1.807) is 6.92 Å². The Balaban J connectivity index is 5.09. The van der Waals surface area contributed by atoms with Gasteiger partial charge in [0.1, 0.15) is 24.2 Å². The zero-order valence-electron chi connectivity index (χ0n) is 31.0. The summed E-state index contributed by atoms with van der Waals surface area (Å²) in [6.45, 7) is 10.9. The molecular formula is C35H64N6O9. The second-order valence-electron chi connectivity index (χ2n) is 12.9. The highest BCUT2D eigenvalue weighted by molar-refractivity contribution is 6.35. The number of ketones is 1. The Hall–Kier alpha value is -3.59. The van der Waals surface area contributed by atoms with Crippen LogP contribution in [0.3, 0.4) is 0 Å². The number of aliphatic hydroxyl groups is 1. The van der Waals surface area contributed by atoms with E-state index in [0.29, 0.717) is 19.4 Å². The highest BCUT2D eigenvalue weighted by Gasteiger charge is 2.32. The van der Waals surface area contributed by atoms with Crippen molar-refractivity contribution in [2.75, 3.05) is 13.1 Å². The van der Waals surface area contributed by atoms with Crippen LogP contribution in [0, 0.1) is 0 Å². The van der Waals surface area contributed by atoms with Gasteiger partial charge in [0, 0.05) is 13.0 Å². The maximum absolute atomic E-state index is 13.3. The van der Waals surface area contributed by atoms with Crippen LogP contribution in [-0.2, 0) is 33.6 Å². The molecule has 0 fully saturated rings. The summed E-state index contributed by atoms with van der Waals surface area (Å²) in [5, 5.41) is 34.8. The van der Waals surface area contributed by atoms with E-state index in [1.807, 2.05) is 6.92 Å². The molecule has 15 nitrogen and oxygen atoms in total. The number of carbonyl (C=O) groups is 7. The maximum atomic E-state index is 13.3. The van der Waals surface area contributed by atoms with Gasteiger partial charge in [-0.25, -0.2) is 4.79 Å². The average molecular weight is 713 g/mol.